The molecule has 9 heavy (non-hydrogen) atoms. The highest BCUT2D eigenvalue weighted by atomic mass is 127. The quantitative estimate of drug-likeness (QED) is 0.693. The predicted octanol–water partition coefficient (Wildman–Crippen LogP) is 1.51. The molecule has 48 valence electrons. The maximum atomic E-state index is 4.77. The molecule has 0 bridgehead atoms. The molecule has 0 saturated carbocycles. The van der Waals surface area contributed by atoms with E-state index in [2.05, 4.69) is 9.97 Å². The molecule has 3 nitrogen and oxygen atoms in total. The summed E-state index contributed by atoms with van der Waals surface area (Å²) in [5, 5.41) is 0. The van der Waals surface area contributed by atoms with Gasteiger partial charge in [0.05, 0.1) is 18.1 Å². The molecule has 1 rings (SSSR count). The summed E-state index contributed by atoms with van der Waals surface area (Å²) in [4.78, 5) is 7.86. The average molecular weight is 236 g/mol. The van der Waals surface area contributed by atoms with E-state index in [4.69, 9.17) is 3.07 Å². The van der Waals surface area contributed by atoms with E-state index in [1.165, 1.54) is 0 Å². The number of hydrogen-bond acceptors (Lipinski definition) is 3. The number of rotatable bonds is 1. The van der Waals surface area contributed by atoms with Crippen LogP contribution in [0.5, 0.6) is 5.88 Å². The highest BCUT2D eigenvalue weighted by Crippen LogP contribution is 2.05. The van der Waals surface area contributed by atoms with Gasteiger partial charge < -0.3 is 3.07 Å². The van der Waals surface area contributed by atoms with Crippen molar-refractivity contribution in [3.05, 3.63) is 18.1 Å². The van der Waals surface area contributed by atoms with Crippen LogP contribution < -0.4 is 3.07 Å². The molecule has 0 atom stereocenters. The van der Waals surface area contributed by atoms with Gasteiger partial charge in [0, 0.05) is 0 Å². The van der Waals surface area contributed by atoms with Crippen LogP contribution in [0.25, 0.3) is 0 Å². The maximum Gasteiger partial charge on any atom is 0.243 e. The molecule has 1 aromatic rings. The van der Waals surface area contributed by atoms with E-state index in [0.717, 1.165) is 5.69 Å². The Bertz CT molecular complexity index is 187. The zero-order chi connectivity index (χ0) is 6.69. The summed E-state index contributed by atoms with van der Waals surface area (Å²) in [6.45, 7) is 1.88. The molecular weight excluding hydrogens is 231 g/mol. The molecule has 0 fully saturated rings. The first-order valence-electron chi connectivity index (χ1n) is 2.40. The predicted molar refractivity (Wildman–Crippen MR) is 41.4 cm³/mol. The Balaban J connectivity index is 2.88. The third-order valence-corrected chi connectivity index (χ3v) is 1.29. The van der Waals surface area contributed by atoms with Gasteiger partial charge in [0.2, 0.25) is 5.88 Å². The van der Waals surface area contributed by atoms with Crippen LogP contribution in [0, 0.1) is 6.92 Å². The second-order valence-corrected chi connectivity index (χ2v) is 2.01. The second kappa shape index (κ2) is 2.95. The van der Waals surface area contributed by atoms with E-state index >= 15 is 0 Å². The third-order valence-electron chi connectivity index (χ3n) is 0.836. The van der Waals surface area contributed by atoms with Crippen molar-refractivity contribution in [1.82, 2.24) is 9.97 Å². The number of halogens is 1. The molecule has 0 unspecified atom stereocenters. The molecule has 0 aliphatic rings. The van der Waals surface area contributed by atoms with Gasteiger partial charge >= 0.3 is 0 Å². The fourth-order valence-corrected chi connectivity index (χ4v) is 0.648. The average Bonchev–Trinajstić information content (AvgIpc) is 1.90. The van der Waals surface area contributed by atoms with Crippen LogP contribution in [0.15, 0.2) is 12.4 Å². The van der Waals surface area contributed by atoms with Gasteiger partial charge in [-0.2, -0.15) is 0 Å². The van der Waals surface area contributed by atoms with Crippen LogP contribution in [-0.2, 0) is 0 Å². The monoisotopic (exact) mass is 236 g/mol. The first-order chi connectivity index (χ1) is 4.33. The molecule has 0 saturated heterocycles. The topological polar surface area (TPSA) is 35.0 Å². The summed E-state index contributed by atoms with van der Waals surface area (Å²) in [6.07, 6.45) is 3.25. The van der Waals surface area contributed by atoms with Crippen LogP contribution in [-0.4, -0.2) is 9.97 Å². The van der Waals surface area contributed by atoms with Crippen LogP contribution in [0.1, 0.15) is 5.69 Å². The van der Waals surface area contributed by atoms with Gasteiger partial charge in [0.25, 0.3) is 0 Å². The summed E-state index contributed by atoms with van der Waals surface area (Å²) in [5.41, 5.74) is 0.896. The molecule has 0 aliphatic heterocycles. The van der Waals surface area contributed by atoms with Crippen molar-refractivity contribution in [2.75, 3.05) is 0 Å². The minimum atomic E-state index is 0.543. The normalized spacial score (nSPS) is 9.11. The lowest BCUT2D eigenvalue weighted by Gasteiger charge is -1.92. The number of nitrogens with zero attached hydrogens (tertiary/aromatic N) is 2. The maximum absolute atomic E-state index is 4.77. The van der Waals surface area contributed by atoms with Gasteiger partial charge in [-0.05, 0) is 6.92 Å². The summed E-state index contributed by atoms with van der Waals surface area (Å²) < 4.78 is 4.77. The third kappa shape index (κ3) is 1.78. The van der Waals surface area contributed by atoms with E-state index in [1.54, 1.807) is 35.4 Å². The summed E-state index contributed by atoms with van der Waals surface area (Å²) >= 11 is 1.76. The van der Waals surface area contributed by atoms with Crippen molar-refractivity contribution in [3.8, 4) is 5.88 Å². The summed E-state index contributed by atoms with van der Waals surface area (Å²) in [6, 6.07) is 0. The Hall–Kier alpha value is -0.390. The van der Waals surface area contributed by atoms with E-state index in [1.807, 2.05) is 6.92 Å². The van der Waals surface area contributed by atoms with Gasteiger partial charge in [0.15, 0.2) is 23.0 Å². The lowest BCUT2D eigenvalue weighted by atomic mass is 10.5. The summed E-state index contributed by atoms with van der Waals surface area (Å²) in [7, 11) is 0. The van der Waals surface area contributed by atoms with Gasteiger partial charge in [-0.25, -0.2) is 4.98 Å². The number of aromatic nitrogens is 2. The van der Waals surface area contributed by atoms with Crippen LogP contribution in [0.3, 0.4) is 0 Å². The Morgan fingerprint density at radius 3 is 2.67 bits per heavy atom. The Morgan fingerprint density at radius 1 is 1.44 bits per heavy atom. The van der Waals surface area contributed by atoms with E-state index in [9.17, 15) is 0 Å². The van der Waals surface area contributed by atoms with E-state index in [0.29, 0.717) is 5.88 Å². The van der Waals surface area contributed by atoms with Crippen molar-refractivity contribution in [3.63, 3.8) is 0 Å². The zero-order valence-electron chi connectivity index (χ0n) is 4.84. The first kappa shape index (κ1) is 6.73. The van der Waals surface area contributed by atoms with Crippen LogP contribution in [0.2, 0.25) is 0 Å². The minimum Gasteiger partial charge on any atom is -0.407 e. The molecule has 0 N–H and O–H groups in total. The van der Waals surface area contributed by atoms with Crippen LogP contribution >= 0.6 is 23.0 Å². The molecule has 0 radical (unpaired) electrons. The highest BCUT2D eigenvalue weighted by molar-refractivity contribution is 14.1. The second-order valence-electron chi connectivity index (χ2n) is 1.57. The first-order valence-corrected chi connectivity index (χ1v) is 3.28. The van der Waals surface area contributed by atoms with Crippen molar-refractivity contribution >= 4 is 23.0 Å². The lowest BCUT2D eigenvalue weighted by Crippen LogP contribution is -1.84. The van der Waals surface area contributed by atoms with Crippen LogP contribution in [0.4, 0.5) is 0 Å². The Kier molecular flexibility index (Phi) is 2.21. The largest absolute Gasteiger partial charge is 0.407 e. The van der Waals surface area contributed by atoms with Gasteiger partial charge in [-0.1, -0.05) is 0 Å². The minimum absolute atomic E-state index is 0.543. The highest BCUT2D eigenvalue weighted by Gasteiger charge is 1.90. The SMILES string of the molecule is Cc1cnc(OI)cn1. The molecule has 0 spiro atoms. The molecular formula is C5H5IN2O. The lowest BCUT2D eigenvalue weighted by molar-refractivity contribution is 0.672. The number of hydrogen-bond donors (Lipinski definition) is 0. The molecule has 0 aliphatic carbocycles. The molecule has 1 heterocycles. The van der Waals surface area contributed by atoms with Crippen molar-refractivity contribution in [2.24, 2.45) is 0 Å². The van der Waals surface area contributed by atoms with Gasteiger partial charge in [-0.15, -0.1) is 0 Å². The zero-order valence-corrected chi connectivity index (χ0v) is 6.99. The standard InChI is InChI=1S/C5H5IN2O/c1-4-2-8-5(9-6)3-7-4/h2-3H,1H3. The van der Waals surface area contributed by atoms with E-state index in [-0.39, 0.29) is 0 Å². The molecule has 0 amide bonds. The fraction of sp³-hybridized carbons (Fsp3) is 0.200. The molecule has 1 aromatic heterocycles. The smallest absolute Gasteiger partial charge is 0.243 e. The van der Waals surface area contributed by atoms with Crippen molar-refractivity contribution in [1.29, 1.82) is 0 Å². The van der Waals surface area contributed by atoms with Crippen molar-refractivity contribution in [2.45, 2.75) is 6.92 Å². The molecule has 4 heteroatoms. The Morgan fingerprint density at radius 2 is 2.22 bits per heavy atom. The summed E-state index contributed by atoms with van der Waals surface area (Å²) in [5.74, 6) is 0.543. The Labute approximate surface area is 67.2 Å². The van der Waals surface area contributed by atoms with Gasteiger partial charge in [0.1, 0.15) is 0 Å². The molecule has 0 aromatic carbocycles. The fourth-order valence-electron chi connectivity index (χ4n) is 0.421. The van der Waals surface area contributed by atoms with Crippen molar-refractivity contribution < 1.29 is 3.07 Å². The van der Waals surface area contributed by atoms with E-state index < -0.39 is 0 Å². The number of aryl methyl sites for hydroxylation is 1. The van der Waals surface area contributed by atoms with Gasteiger partial charge in [-0.3, -0.25) is 4.98 Å².